The van der Waals surface area contributed by atoms with E-state index in [1.165, 1.54) is 6.07 Å². The molecule has 1 N–H and O–H groups in total. The highest BCUT2D eigenvalue weighted by atomic mass is 35.5. The molecule has 1 aliphatic rings. The van der Waals surface area contributed by atoms with Crippen LogP contribution in [0.2, 0.25) is 0 Å². The smallest absolute Gasteiger partial charge is 0.140 e. The summed E-state index contributed by atoms with van der Waals surface area (Å²) in [4.78, 5) is 12.1. The summed E-state index contributed by atoms with van der Waals surface area (Å²) in [5.74, 6) is 0.324. The number of carbonyl (C=O) groups excluding carboxylic acids is 1. The summed E-state index contributed by atoms with van der Waals surface area (Å²) in [6, 6.07) is 6.53. The molecule has 2 atom stereocenters. The second-order valence-electron chi connectivity index (χ2n) is 4.81. The standard InChI is InChI=1S/C14H18FNO.ClH/c1-10-9-16-7-6-12(10)14(17)8-11-4-2-3-5-13(11)15;/h2-5,10,12,16H,6-9H2,1H3;1H. The Kier molecular flexibility index (Phi) is 5.76. The third-order valence-electron chi connectivity index (χ3n) is 3.52. The summed E-state index contributed by atoms with van der Waals surface area (Å²) in [7, 11) is 0. The van der Waals surface area contributed by atoms with Crippen molar-refractivity contribution in [3.8, 4) is 0 Å². The average Bonchev–Trinajstić information content (AvgIpc) is 2.32. The first kappa shape index (κ1) is 15.1. The van der Waals surface area contributed by atoms with Crippen molar-refractivity contribution in [3.63, 3.8) is 0 Å². The van der Waals surface area contributed by atoms with Crippen LogP contribution in [0.25, 0.3) is 0 Å². The van der Waals surface area contributed by atoms with Crippen LogP contribution in [-0.4, -0.2) is 18.9 Å². The summed E-state index contributed by atoms with van der Waals surface area (Å²) >= 11 is 0. The molecule has 1 aromatic carbocycles. The molecule has 1 aromatic rings. The highest BCUT2D eigenvalue weighted by Gasteiger charge is 2.27. The number of hydrogen-bond acceptors (Lipinski definition) is 2. The molecule has 1 heterocycles. The van der Waals surface area contributed by atoms with Gasteiger partial charge in [0.15, 0.2) is 0 Å². The number of halogens is 2. The van der Waals surface area contributed by atoms with E-state index in [1.807, 2.05) is 0 Å². The van der Waals surface area contributed by atoms with Crippen LogP contribution in [0.5, 0.6) is 0 Å². The molecule has 2 nitrogen and oxygen atoms in total. The van der Waals surface area contributed by atoms with Crippen molar-refractivity contribution >= 4 is 18.2 Å². The van der Waals surface area contributed by atoms with E-state index in [0.717, 1.165) is 19.5 Å². The first-order valence-electron chi connectivity index (χ1n) is 6.15. The molecule has 4 heteroatoms. The van der Waals surface area contributed by atoms with Gasteiger partial charge in [-0.3, -0.25) is 4.79 Å². The lowest BCUT2D eigenvalue weighted by Gasteiger charge is -2.28. The normalized spacial score (nSPS) is 23.2. The minimum Gasteiger partial charge on any atom is -0.316 e. The Hall–Kier alpha value is -0.930. The van der Waals surface area contributed by atoms with Gasteiger partial charge < -0.3 is 5.32 Å². The lowest BCUT2D eigenvalue weighted by Crippen LogP contribution is -2.39. The van der Waals surface area contributed by atoms with Gasteiger partial charge in [0.2, 0.25) is 0 Å². The van der Waals surface area contributed by atoms with Crippen molar-refractivity contribution in [1.82, 2.24) is 5.32 Å². The highest BCUT2D eigenvalue weighted by molar-refractivity contribution is 5.85. The molecule has 0 bridgehead atoms. The zero-order valence-electron chi connectivity index (χ0n) is 10.5. The van der Waals surface area contributed by atoms with Crippen LogP contribution in [0.15, 0.2) is 24.3 Å². The highest BCUT2D eigenvalue weighted by Crippen LogP contribution is 2.22. The molecule has 1 fully saturated rings. The third-order valence-corrected chi connectivity index (χ3v) is 3.52. The topological polar surface area (TPSA) is 29.1 Å². The van der Waals surface area contributed by atoms with Crippen molar-refractivity contribution in [2.75, 3.05) is 13.1 Å². The molecule has 1 saturated heterocycles. The molecule has 0 spiro atoms. The maximum Gasteiger partial charge on any atom is 0.140 e. The van der Waals surface area contributed by atoms with Crippen LogP contribution in [0.4, 0.5) is 4.39 Å². The van der Waals surface area contributed by atoms with Gasteiger partial charge in [-0.2, -0.15) is 0 Å². The predicted molar refractivity (Wildman–Crippen MR) is 72.5 cm³/mol. The van der Waals surface area contributed by atoms with Gasteiger partial charge >= 0.3 is 0 Å². The Morgan fingerprint density at radius 2 is 2.17 bits per heavy atom. The first-order valence-corrected chi connectivity index (χ1v) is 6.15. The summed E-state index contributed by atoms with van der Waals surface area (Å²) in [5, 5.41) is 3.27. The van der Waals surface area contributed by atoms with E-state index in [4.69, 9.17) is 0 Å². The van der Waals surface area contributed by atoms with Gasteiger partial charge in [-0.15, -0.1) is 12.4 Å². The van der Waals surface area contributed by atoms with Crippen LogP contribution >= 0.6 is 12.4 Å². The molecule has 0 aliphatic carbocycles. The van der Waals surface area contributed by atoms with Gasteiger partial charge in [0.05, 0.1) is 0 Å². The second-order valence-corrected chi connectivity index (χ2v) is 4.81. The SMILES string of the molecule is CC1CNCCC1C(=O)Cc1ccccc1F.Cl. The number of piperidine rings is 1. The molecule has 0 amide bonds. The van der Waals surface area contributed by atoms with Crippen molar-refractivity contribution in [2.24, 2.45) is 11.8 Å². The zero-order valence-corrected chi connectivity index (χ0v) is 11.3. The van der Waals surface area contributed by atoms with E-state index in [-0.39, 0.29) is 36.3 Å². The van der Waals surface area contributed by atoms with E-state index in [9.17, 15) is 9.18 Å². The summed E-state index contributed by atoms with van der Waals surface area (Å²) in [5.41, 5.74) is 0.517. The Morgan fingerprint density at radius 1 is 1.44 bits per heavy atom. The van der Waals surface area contributed by atoms with Crippen LogP contribution < -0.4 is 5.32 Å². The van der Waals surface area contributed by atoms with E-state index in [1.54, 1.807) is 18.2 Å². The van der Waals surface area contributed by atoms with Crippen molar-refractivity contribution in [1.29, 1.82) is 0 Å². The monoisotopic (exact) mass is 271 g/mol. The van der Waals surface area contributed by atoms with Crippen LogP contribution in [0.3, 0.4) is 0 Å². The van der Waals surface area contributed by atoms with Gasteiger partial charge in [0.25, 0.3) is 0 Å². The van der Waals surface area contributed by atoms with Gasteiger partial charge in [-0.05, 0) is 37.1 Å². The fourth-order valence-corrected chi connectivity index (χ4v) is 2.45. The molecular formula is C14H19ClFNO. The summed E-state index contributed by atoms with van der Waals surface area (Å²) < 4.78 is 13.4. The minimum atomic E-state index is -0.276. The van der Waals surface area contributed by atoms with Crippen LogP contribution in [0, 0.1) is 17.7 Å². The number of Topliss-reactive ketones (excluding diaryl/α,β-unsaturated/α-hetero) is 1. The maximum atomic E-state index is 13.4. The fraction of sp³-hybridized carbons (Fsp3) is 0.500. The van der Waals surface area contributed by atoms with Gasteiger partial charge in [0.1, 0.15) is 11.6 Å². The van der Waals surface area contributed by atoms with Crippen LogP contribution in [0.1, 0.15) is 18.9 Å². The number of nitrogens with one attached hydrogen (secondary N) is 1. The number of hydrogen-bond donors (Lipinski definition) is 1. The van der Waals surface area contributed by atoms with Crippen LogP contribution in [-0.2, 0) is 11.2 Å². The zero-order chi connectivity index (χ0) is 12.3. The molecule has 0 radical (unpaired) electrons. The maximum absolute atomic E-state index is 13.4. The molecule has 1 aliphatic heterocycles. The lowest BCUT2D eigenvalue weighted by atomic mass is 9.82. The van der Waals surface area contributed by atoms with Gasteiger partial charge in [-0.1, -0.05) is 25.1 Å². The number of carbonyl (C=O) groups is 1. The Morgan fingerprint density at radius 3 is 2.83 bits per heavy atom. The van der Waals surface area contributed by atoms with E-state index < -0.39 is 0 Å². The summed E-state index contributed by atoms with van der Waals surface area (Å²) in [6.45, 7) is 3.85. The largest absolute Gasteiger partial charge is 0.316 e. The van der Waals surface area contributed by atoms with Crippen molar-refractivity contribution < 1.29 is 9.18 Å². The predicted octanol–water partition coefficient (Wildman–Crippen LogP) is 2.60. The third kappa shape index (κ3) is 3.53. The first-order chi connectivity index (χ1) is 8.18. The van der Waals surface area contributed by atoms with E-state index in [2.05, 4.69) is 12.2 Å². The molecule has 100 valence electrons. The van der Waals surface area contributed by atoms with E-state index in [0.29, 0.717) is 11.5 Å². The number of ketones is 1. The van der Waals surface area contributed by atoms with Crippen molar-refractivity contribution in [3.05, 3.63) is 35.6 Å². The minimum absolute atomic E-state index is 0. The molecule has 2 unspecified atom stereocenters. The number of rotatable bonds is 3. The molecule has 0 aromatic heterocycles. The molecule has 18 heavy (non-hydrogen) atoms. The fourth-order valence-electron chi connectivity index (χ4n) is 2.45. The Balaban J connectivity index is 0.00000162. The lowest BCUT2D eigenvalue weighted by molar-refractivity contribution is -0.124. The Labute approximate surface area is 113 Å². The number of benzene rings is 1. The Bertz CT molecular complexity index is 411. The van der Waals surface area contributed by atoms with Gasteiger partial charge in [0, 0.05) is 12.3 Å². The van der Waals surface area contributed by atoms with Gasteiger partial charge in [-0.25, -0.2) is 4.39 Å². The van der Waals surface area contributed by atoms with Crippen molar-refractivity contribution in [2.45, 2.75) is 19.8 Å². The molecule has 0 saturated carbocycles. The average molecular weight is 272 g/mol. The summed E-state index contributed by atoms with van der Waals surface area (Å²) in [6.07, 6.45) is 1.09. The quantitative estimate of drug-likeness (QED) is 0.916. The van der Waals surface area contributed by atoms with E-state index >= 15 is 0 Å². The second kappa shape index (κ2) is 6.86. The molecular weight excluding hydrogens is 253 g/mol. The molecule has 2 rings (SSSR count).